The molecule has 1 aliphatic rings. The van der Waals surface area contributed by atoms with E-state index in [2.05, 4.69) is 10.3 Å². The number of nitrogens with one attached hydrogen (secondary N) is 1. The van der Waals surface area contributed by atoms with Crippen LogP contribution in [-0.4, -0.2) is 16.8 Å². The molecule has 0 radical (unpaired) electrons. The van der Waals surface area contributed by atoms with Crippen LogP contribution in [0.5, 0.6) is 0 Å². The number of aliphatic imine (C=N–C) groups is 1. The number of benzene rings is 1. The number of carbonyl (C=O) groups excluding carboxylic acids is 1. The number of hydrogen-bond donors (Lipinski definition) is 2. The number of amides is 1. The van der Waals surface area contributed by atoms with Gasteiger partial charge in [-0.05, 0) is 55.5 Å². The highest BCUT2D eigenvalue weighted by Crippen LogP contribution is 2.37. The summed E-state index contributed by atoms with van der Waals surface area (Å²) in [5.41, 5.74) is 7.15. The van der Waals surface area contributed by atoms with Crippen LogP contribution in [0, 0.1) is 12.7 Å². The van der Waals surface area contributed by atoms with Crippen LogP contribution in [0.15, 0.2) is 34.6 Å². The van der Waals surface area contributed by atoms with Gasteiger partial charge in [0.2, 0.25) is 0 Å². The van der Waals surface area contributed by atoms with Crippen molar-refractivity contribution in [2.75, 3.05) is 11.1 Å². The quantitative estimate of drug-likeness (QED) is 0.862. The summed E-state index contributed by atoms with van der Waals surface area (Å²) in [5.74, 6) is 0.250. The molecule has 1 unspecified atom stereocenters. The fourth-order valence-electron chi connectivity index (χ4n) is 2.64. The number of rotatable bonds is 3. The van der Waals surface area contributed by atoms with Crippen molar-refractivity contribution in [3.63, 3.8) is 0 Å². The number of carbonyl (C=O) groups is 1. The topological polar surface area (TPSA) is 67.5 Å². The van der Waals surface area contributed by atoms with E-state index in [-0.39, 0.29) is 11.7 Å². The fourth-order valence-corrected chi connectivity index (χ4v) is 4.41. The molecule has 3 rings (SSSR count). The van der Waals surface area contributed by atoms with E-state index in [4.69, 9.17) is 5.73 Å². The average molecular weight is 363 g/mol. The Kier molecular flexibility index (Phi) is 4.64. The highest BCUT2D eigenvalue weighted by Gasteiger charge is 2.32. The molecule has 0 fully saturated rings. The molecule has 1 atom stereocenters. The van der Waals surface area contributed by atoms with E-state index < -0.39 is 5.54 Å². The number of nitrogens with two attached hydrogens (primary N) is 1. The van der Waals surface area contributed by atoms with Crippen molar-refractivity contribution in [1.82, 2.24) is 0 Å². The van der Waals surface area contributed by atoms with Gasteiger partial charge in [0.05, 0.1) is 10.4 Å². The van der Waals surface area contributed by atoms with Gasteiger partial charge in [0.15, 0.2) is 5.17 Å². The normalized spacial score (nSPS) is 20.5. The van der Waals surface area contributed by atoms with Crippen LogP contribution in [0.25, 0.3) is 0 Å². The number of nitrogens with zero attached hydrogens (tertiary/aromatic N) is 1. The maximum absolute atomic E-state index is 14.4. The van der Waals surface area contributed by atoms with Gasteiger partial charge < -0.3 is 11.1 Å². The second-order valence-corrected chi connectivity index (χ2v) is 7.99. The lowest BCUT2D eigenvalue weighted by Crippen LogP contribution is -2.29. The van der Waals surface area contributed by atoms with Gasteiger partial charge in [0, 0.05) is 17.0 Å². The molecule has 1 amide bonds. The maximum Gasteiger partial charge on any atom is 0.265 e. The van der Waals surface area contributed by atoms with Crippen molar-refractivity contribution in [1.29, 1.82) is 0 Å². The molecule has 126 valence electrons. The van der Waals surface area contributed by atoms with E-state index in [1.165, 1.54) is 29.2 Å². The number of anilines is 1. The fraction of sp³-hybridized carbons (Fsp3) is 0.294. The molecule has 4 nitrogen and oxygen atoms in total. The lowest BCUT2D eigenvalue weighted by Gasteiger charge is -2.30. The molecule has 0 saturated heterocycles. The number of amidine groups is 1. The van der Waals surface area contributed by atoms with Crippen LogP contribution in [-0.2, 0) is 5.54 Å². The SMILES string of the molecule is Cc1csc(C(=O)Nc2ccc(F)c(C3(C)CCSC(N)=N3)c2)c1. The molecule has 0 aliphatic carbocycles. The van der Waals surface area contributed by atoms with Gasteiger partial charge in [-0.25, -0.2) is 4.39 Å². The molecule has 2 heterocycles. The summed E-state index contributed by atoms with van der Waals surface area (Å²) >= 11 is 2.86. The lowest BCUT2D eigenvalue weighted by atomic mass is 9.89. The van der Waals surface area contributed by atoms with Crippen molar-refractivity contribution >= 4 is 39.9 Å². The minimum atomic E-state index is -0.709. The zero-order valence-corrected chi connectivity index (χ0v) is 15.1. The summed E-state index contributed by atoms with van der Waals surface area (Å²) in [6, 6.07) is 6.41. The Morgan fingerprint density at radius 3 is 2.88 bits per heavy atom. The highest BCUT2D eigenvalue weighted by molar-refractivity contribution is 8.13. The molecule has 24 heavy (non-hydrogen) atoms. The maximum atomic E-state index is 14.4. The third kappa shape index (κ3) is 3.47. The monoisotopic (exact) mass is 363 g/mol. The van der Waals surface area contributed by atoms with Crippen molar-refractivity contribution in [3.8, 4) is 0 Å². The van der Waals surface area contributed by atoms with Crippen molar-refractivity contribution < 1.29 is 9.18 Å². The molecule has 1 aromatic heterocycles. The zero-order valence-electron chi connectivity index (χ0n) is 13.4. The molecule has 7 heteroatoms. The average Bonchev–Trinajstić information content (AvgIpc) is 2.95. The third-order valence-corrected chi connectivity index (χ3v) is 5.80. The molecule has 1 aliphatic heterocycles. The van der Waals surface area contributed by atoms with Crippen LogP contribution < -0.4 is 11.1 Å². The number of thiophene rings is 1. The standard InChI is InChI=1S/C17H18FN3OS2/c1-10-7-14(24-9-10)15(22)20-11-3-4-13(18)12(8-11)17(2)5-6-23-16(19)21-17/h3-4,7-9H,5-6H2,1-2H3,(H2,19,21)(H,20,22). The van der Waals surface area contributed by atoms with Gasteiger partial charge in [0.1, 0.15) is 5.82 Å². The first-order chi connectivity index (χ1) is 11.4. The summed E-state index contributed by atoms with van der Waals surface area (Å²) in [7, 11) is 0. The molecule has 1 aromatic carbocycles. The zero-order chi connectivity index (χ0) is 17.3. The number of hydrogen-bond acceptors (Lipinski definition) is 5. The van der Waals surface area contributed by atoms with Crippen molar-refractivity contribution in [3.05, 3.63) is 51.5 Å². The highest BCUT2D eigenvalue weighted by atomic mass is 32.2. The molecule has 0 spiro atoms. The van der Waals surface area contributed by atoms with E-state index in [0.717, 1.165) is 11.3 Å². The van der Waals surface area contributed by atoms with Crippen LogP contribution in [0.1, 0.15) is 34.1 Å². The Balaban J connectivity index is 1.89. The molecular formula is C17H18FN3OS2. The Morgan fingerprint density at radius 2 is 2.21 bits per heavy atom. The van der Waals surface area contributed by atoms with Crippen LogP contribution in [0.3, 0.4) is 0 Å². The summed E-state index contributed by atoms with van der Waals surface area (Å²) in [6.07, 6.45) is 0.691. The molecule has 0 bridgehead atoms. The van der Waals surface area contributed by atoms with Gasteiger partial charge >= 0.3 is 0 Å². The van der Waals surface area contributed by atoms with Gasteiger partial charge in [-0.15, -0.1) is 11.3 Å². The Hall–Kier alpha value is -1.86. The Bertz CT molecular complexity index is 818. The second kappa shape index (κ2) is 6.57. The number of halogens is 1. The Labute approximate surface area is 148 Å². The van der Waals surface area contributed by atoms with E-state index in [0.29, 0.717) is 27.7 Å². The molecule has 3 N–H and O–H groups in total. The molecule has 2 aromatic rings. The predicted molar refractivity (Wildman–Crippen MR) is 99.5 cm³/mol. The van der Waals surface area contributed by atoms with E-state index >= 15 is 0 Å². The van der Waals surface area contributed by atoms with Crippen LogP contribution in [0.4, 0.5) is 10.1 Å². The van der Waals surface area contributed by atoms with E-state index in [1.54, 1.807) is 12.1 Å². The first-order valence-corrected chi connectivity index (χ1v) is 9.38. The van der Waals surface area contributed by atoms with Gasteiger partial charge in [-0.3, -0.25) is 9.79 Å². The summed E-state index contributed by atoms with van der Waals surface area (Å²) in [6.45, 7) is 3.81. The van der Waals surface area contributed by atoms with Gasteiger partial charge in [0.25, 0.3) is 5.91 Å². The number of aryl methyl sites for hydroxylation is 1. The lowest BCUT2D eigenvalue weighted by molar-refractivity contribution is 0.103. The van der Waals surface area contributed by atoms with E-state index in [9.17, 15) is 9.18 Å². The number of thioether (sulfide) groups is 1. The summed E-state index contributed by atoms with van der Waals surface area (Å²) < 4.78 is 14.4. The minimum Gasteiger partial charge on any atom is -0.379 e. The Morgan fingerprint density at radius 1 is 1.42 bits per heavy atom. The van der Waals surface area contributed by atoms with Crippen LogP contribution >= 0.6 is 23.1 Å². The summed E-state index contributed by atoms with van der Waals surface area (Å²) in [5, 5.41) is 5.21. The smallest absolute Gasteiger partial charge is 0.265 e. The summed E-state index contributed by atoms with van der Waals surface area (Å²) in [4.78, 5) is 17.3. The predicted octanol–water partition coefficient (Wildman–Crippen LogP) is 4.11. The first-order valence-electron chi connectivity index (χ1n) is 7.52. The third-order valence-electron chi connectivity index (χ3n) is 3.95. The van der Waals surface area contributed by atoms with E-state index in [1.807, 2.05) is 25.3 Å². The molecular weight excluding hydrogens is 345 g/mol. The first kappa shape index (κ1) is 17.0. The van der Waals surface area contributed by atoms with Crippen molar-refractivity contribution in [2.45, 2.75) is 25.8 Å². The van der Waals surface area contributed by atoms with Gasteiger partial charge in [-0.2, -0.15) is 0 Å². The van der Waals surface area contributed by atoms with Crippen LogP contribution in [0.2, 0.25) is 0 Å². The molecule has 0 saturated carbocycles. The second-order valence-electron chi connectivity index (χ2n) is 5.96. The van der Waals surface area contributed by atoms with Gasteiger partial charge in [-0.1, -0.05) is 11.8 Å². The largest absolute Gasteiger partial charge is 0.379 e. The van der Waals surface area contributed by atoms with Crippen molar-refractivity contribution in [2.24, 2.45) is 10.7 Å². The minimum absolute atomic E-state index is 0.196.